The van der Waals surface area contributed by atoms with Crippen molar-refractivity contribution < 1.29 is 15.3 Å². The third kappa shape index (κ3) is 2.21. The summed E-state index contributed by atoms with van der Waals surface area (Å²) in [6.45, 7) is 3.52. The molecule has 2 heterocycles. The predicted molar refractivity (Wildman–Crippen MR) is 99.7 cm³/mol. The monoisotopic (exact) mass is 350 g/mol. The maximum Gasteiger partial charge on any atom is 0.145 e. The normalized spacial score (nSPS) is 16.7. The molecule has 0 amide bonds. The van der Waals surface area contributed by atoms with Gasteiger partial charge in [-0.1, -0.05) is 12.1 Å². The minimum Gasteiger partial charge on any atom is -0.509 e. The molecule has 0 fully saturated rings. The van der Waals surface area contributed by atoms with Crippen LogP contribution < -0.4 is 4.90 Å². The van der Waals surface area contributed by atoms with Gasteiger partial charge in [-0.2, -0.15) is 0 Å². The number of aliphatic hydroxyl groups excluding tert-OH is 1. The molecule has 3 aromatic rings. The van der Waals surface area contributed by atoms with Gasteiger partial charge in [0.05, 0.1) is 27.8 Å². The zero-order valence-electron chi connectivity index (χ0n) is 14.3. The Morgan fingerprint density at radius 3 is 2.35 bits per heavy atom. The molecule has 0 bridgehead atoms. The number of phenolic OH excluding ortho intramolecular Hbond substituents is 2. The van der Waals surface area contributed by atoms with Crippen LogP contribution in [0.5, 0.6) is 11.5 Å². The van der Waals surface area contributed by atoms with Crippen molar-refractivity contribution in [3.05, 3.63) is 54.0 Å². The number of hydrogen-bond acceptors (Lipinski definition) is 5. The Bertz CT molecular complexity index is 1030. The van der Waals surface area contributed by atoms with Crippen molar-refractivity contribution in [2.75, 3.05) is 4.90 Å². The minimum absolute atomic E-state index is 0.00983. The number of benzene rings is 2. The molecular formula is C19H18N4O3. The number of anilines is 1. The Morgan fingerprint density at radius 2 is 1.69 bits per heavy atom. The van der Waals surface area contributed by atoms with Crippen molar-refractivity contribution in [3.8, 4) is 11.5 Å². The topological polar surface area (TPSA) is 116 Å². The molecule has 26 heavy (non-hydrogen) atoms. The molecule has 1 aromatic heterocycles. The second-order valence-electron chi connectivity index (χ2n) is 6.78. The molecule has 0 radical (unpaired) electrons. The van der Waals surface area contributed by atoms with E-state index in [2.05, 4.69) is 9.97 Å². The smallest absolute Gasteiger partial charge is 0.145 e. The summed E-state index contributed by atoms with van der Waals surface area (Å²) >= 11 is 0. The first-order valence-electron chi connectivity index (χ1n) is 8.10. The number of aromatic hydroxyl groups is 2. The highest BCUT2D eigenvalue weighted by molar-refractivity contribution is 6.31. The second kappa shape index (κ2) is 5.26. The zero-order valence-corrected chi connectivity index (χ0v) is 14.3. The van der Waals surface area contributed by atoms with Crippen LogP contribution in [0.25, 0.3) is 16.6 Å². The summed E-state index contributed by atoms with van der Waals surface area (Å²) in [6.07, 6.45) is 0. The van der Waals surface area contributed by atoms with Crippen LogP contribution in [-0.2, 0) is 0 Å². The van der Waals surface area contributed by atoms with Crippen molar-refractivity contribution in [1.82, 2.24) is 9.97 Å². The fraction of sp³-hybridized carbons (Fsp3) is 0.158. The number of H-pyrrole nitrogens is 1. The second-order valence-corrected chi connectivity index (χ2v) is 6.78. The lowest BCUT2D eigenvalue weighted by Crippen LogP contribution is -2.43. The number of phenols is 2. The fourth-order valence-corrected chi connectivity index (χ4v) is 3.37. The van der Waals surface area contributed by atoms with Gasteiger partial charge < -0.3 is 25.2 Å². The minimum atomic E-state index is -0.953. The van der Waals surface area contributed by atoms with Gasteiger partial charge in [0.1, 0.15) is 28.9 Å². The summed E-state index contributed by atoms with van der Waals surface area (Å²) < 4.78 is 0. The number of aromatic amines is 1. The number of amidine groups is 1. The van der Waals surface area contributed by atoms with Crippen LogP contribution in [0, 0.1) is 5.41 Å². The highest BCUT2D eigenvalue weighted by Crippen LogP contribution is 2.43. The number of nitrogens with zero attached hydrogens (tertiary/aromatic N) is 2. The first-order chi connectivity index (χ1) is 12.3. The predicted octanol–water partition coefficient (Wildman–Crippen LogP) is 3.52. The first kappa shape index (κ1) is 16.0. The van der Waals surface area contributed by atoms with E-state index in [-0.39, 0.29) is 28.7 Å². The Labute approximate surface area is 149 Å². The van der Waals surface area contributed by atoms with Crippen molar-refractivity contribution in [3.63, 3.8) is 0 Å². The van der Waals surface area contributed by atoms with Gasteiger partial charge in [-0.3, -0.25) is 5.41 Å². The van der Waals surface area contributed by atoms with Gasteiger partial charge in [-0.05, 0) is 26.0 Å². The van der Waals surface area contributed by atoms with E-state index in [1.54, 1.807) is 18.7 Å². The Kier molecular flexibility index (Phi) is 3.24. The van der Waals surface area contributed by atoms with E-state index < -0.39 is 5.54 Å². The van der Waals surface area contributed by atoms with E-state index in [0.717, 1.165) is 11.0 Å². The maximum atomic E-state index is 10.8. The Hall–Kier alpha value is -3.48. The van der Waals surface area contributed by atoms with E-state index in [0.29, 0.717) is 11.5 Å². The van der Waals surface area contributed by atoms with Crippen LogP contribution in [0.4, 0.5) is 5.69 Å². The molecule has 4 rings (SSSR count). The van der Waals surface area contributed by atoms with Crippen LogP contribution in [0.1, 0.15) is 19.7 Å². The van der Waals surface area contributed by atoms with Crippen molar-refractivity contribution in [2.24, 2.45) is 0 Å². The summed E-state index contributed by atoms with van der Waals surface area (Å²) in [5.74, 6) is 0.162. The van der Waals surface area contributed by atoms with Crippen LogP contribution in [-0.4, -0.2) is 36.7 Å². The fourth-order valence-electron chi connectivity index (χ4n) is 3.37. The first-order valence-corrected chi connectivity index (χ1v) is 8.10. The molecule has 2 aromatic carbocycles. The standard InChI is InChI=1S/C19H18N4O3/c1-19(2)16(26)15(18-21-13-5-3-4-6-14(13)22-18)17(20)23(19)10-7-11(24)9-12(25)8-10/h3-9,20,24-26H,1-2H3,(H,21,22). The van der Waals surface area contributed by atoms with Crippen molar-refractivity contribution in [1.29, 1.82) is 5.41 Å². The van der Waals surface area contributed by atoms with Gasteiger partial charge in [0.2, 0.25) is 0 Å². The molecule has 0 spiro atoms. The van der Waals surface area contributed by atoms with E-state index in [1.807, 2.05) is 24.3 Å². The summed E-state index contributed by atoms with van der Waals surface area (Å²) in [5, 5.41) is 39.1. The Balaban J connectivity index is 1.86. The molecule has 5 N–H and O–H groups in total. The number of para-hydroxylation sites is 2. The molecule has 7 heteroatoms. The quantitative estimate of drug-likeness (QED) is 0.485. The zero-order chi connectivity index (χ0) is 18.6. The largest absolute Gasteiger partial charge is 0.509 e. The lowest BCUT2D eigenvalue weighted by molar-refractivity contribution is 0.333. The maximum absolute atomic E-state index is 10.8. The lowest BCUT2D eigenvalue weighted by Gasteiger charge is -2.33. The van der Waals surface area contributed by atoms with Gasteiger partial charge in [0, 0.05) is 18.2 Å². The van der Waals surface area contributed by atoms with Crippen LogP contribution in [0.15, 0.2) is 48.2 Å². The molecule has 7 nitrogen and oxygen atoms in total. The molecule has 1 aliphatic heterocycles. The van der Waals surface area contributed by atoms with Crippen molar-refractivity contribution in [2.45, 2.75) is 19.4 Å². The van der Waals surface area contributed by atoms with Crippen LogP contribution >= 0.6 is 0 Å². The molecule has 1 aliphatic rings. The molecule has 0 unspecified atom stereocenters. The highest BCUT2D eigenvalue weighted by Gasteiger charge is 2.46. The molecule has 0 atom stereocenters. The van der Waals surface area contributed by atoms with Gasteiger partial charge in [-0.15, -0.1) is 0 Å². The number of fused-ring (bicyclic) bond motifs is 1. The molecule has 0 saturated heterocycles. The SMILES string of the molecule is CC1(C)C(O)=C(c2nc3ccccc3[nH]2)C(=N)N1c1cc(O)cc(O)c1. The number of nitrogens with one attached hydrogen (secondary N) is 2. The number of rotatable bonds is 2. The molecular weight excluding hydrogens is 332 g/mol. The van der Waals surface area contributed by atoms with Crippen LogP contribution in [0.2, 0.25) is 0 Å². The average molecular weight is 350 g/mol. The van der Waals surface area contributed by atoms with Gasteiger partial charge in [0.15, 0.2) is 0 Å². The lowest BCUT2D eigenvalue weighted by atomic mass is 10.0. The Morgan fingerprint density at radius 1 is 1.04 bits per heavy atom. The van der Waals surface area contributed by atoms with E-state index in [9.17, 15) is 15.3 Å². The average Bonchev–Trinajstić information content (AvgIpc) is 3.03. The third-order valence-corrected chi connectivity index (χ3v) is 4.61. The summed E-state index contributed by atoms with van der Waals surface area (Å²) in [4.78, 5) is 9.17. The van der Waals surface area contributed by atoms with E-state index in [4.69, 9.17) is 5.41 Å². The van der Waals surface area contributed by atoms with Gasteiger partial charge in [-0.25, -0.2) is 4.98 Å². The van der Waals surface area contributed by atoms with E-state index in [1.165, 1.54) is 18.2 Å². The third-order valence-electron chi connectivity index (χ3n) is 4.61. The van der Waals surface area contributed by atoms with E-state index >= 15 is 0 Å². The number of aliphatic hydroxyl groups is 1. The summed E-state index contributed by atoms with van der Waals surface area (Å²) in [7, 11) is 0. The molecule has 132 valence electrons. The summed E-state index contributed by atoms with van der Waals surface area (Å²) in [6, 6.07) is 11.6. The number of imidazole rings is 1. The highest BCUT2D eigenvalue weighted by atomic mass is 16.3. The van der Waals surface area contributed by atoms with Gasteiger partial charge >= 0.3 is 0 Å². The van der Waals surface area contributed by atoms with Crippen molar-refractivity contribution >= 4 is 28.1 Å². The summed E-state index contributed by atoms with van der Waals surface area (Å²) in [5.41, 5.74) is 1.28. The molecule has 0 saturated carbocycles. The number of aromatic nitrogens is 2. The van der Waals surface area contributed by atoms with Crippen LogP contribution in [0.3, 0.4) is 0 Å². The molecule has 0 aliphatic carbocycles. The number of hydrogen-bond donors (Lipinski definition) is 5. The van der Waals surface area contributed by atoms with Gasteiger partial charge in [0.25, 0.3) is 0 Å².